The third-order valence-corrected chi connectivity index (χ3v) is 4.41. The molecule has 1 atom stereocenters. The summed E-state index contributed by atoms with van der Waals surface area (Å²) in [6.45, 7) is 7.30. The van der Waals surface area contributed by atoms with Crippen molar-refractivity contribution < 1.29 is 14.6 Å². The van der Waals surface area contributed by atoms with E-state index in [9.17, 15) is 9.90 Å². The van der Waals surface area contributed by atoms with E-state index < -0.39 is 20.3 Å². The number of carbonyl (C=O) groups excluding carboxylic acids is 1. The third kappa shape index (κ3) is 6.98. The summed E-state index contributed by atoms with van der Waals surface area (Å²) in [7, 11) is -1.18. The van der Waals surface area contributed by atoms with Crippen LogP contribution in [0, 0.1) is 0 Å². The lowest BCUT2D eigenvalue weighted by molar-refractivity contribution is 0.135. The van der Waals surface area contributed by atoms with Gasteiger partial charge in [-0.15, -0.1) is 0 Å². The van der Waals surface area contributed by atoms with Crippen molar-refractivity contribution in [1.29, 1.82) is 0 Å². The van der Waals surface area contributed by atoms with Crippen LogP contribution in [0.15, 0.2) is 30.3 Å². The molecule has 5 heteroatoms. The predicted octanol–water partition coefficient (Wildman–Crippen LogP) is 2.78. The molecule has 0 radical (unpaired) electrons. The maximum absolute atomic E-state index is 11.4. The summed E-state index contributed by atoms with van der Waals surface area (Å²) in [6, 6.07) is 10.2. The minimum absolute atomic E-state index is 0.162. The zero-order chi connectivity index (χ0) is 14.3. The molecule has 1 unspecified atom stereocenters. The Morgan fingerprint density at radius 3 is 2.53 bits per heavy atom. The molecular formula is C14H23NO3Si. The molecule has 1 aromatic rings. The Hall–Kier alpha value is -1.33. The molecule has 0 aliphatic carbocycles. The molecule has 0 saturated heterocycles. The van der Waals surface area contributed by atoms with Gasteiger partial charge in [-0.1, -0.05) is 50.0 Å². The smallest absolute Gasteiger partial charge is 0.407 e. The molecule has 0 aliphatic rings. The number of amides is 1. The van der Waals surface area contributed by atoms with E-state index in [1.165, 1.54) is 0 Å². The first-order valence-electron chi connectivity index (χ1n) is 6.52. The molecule has 2 N–H and O–H groups in total. The summed E-state index contributed by atoms with van der Waals surface area (Å²) < 4.78 is 5.08. The van der Waals surface area contributed by atoms with Gasteiger partial charge in [-0.2, -0.15) is 0 Å². The normalized spacial score (nSPS) is 12.8. The van der Waals surface area contributed by atoms with Gasteiger partial charge in [0.25, 0.3) is 0 Å². The Balaban J connectivity index is 2.23. The van der Waals surface area contributed by atoms with Crippen molar-refractivity contribution >= 4 is 14.2 Å². The summed E-state index contributed by atoms with van der Waals surface area (Å²) in [5.41, 5.74) is 0.782. The van der Waals surface area contributed by atoms with Crippen molar-refractivity contribution in [2.75, 3.05) is 13.2 Å². The highest BCUT2D eigenvalue weighted by Crippen LogP contribution is 2.11. The Kier molecular flexibility index (Phi) is 6.04. The van der Waals surface area contributed by atoms with Crippen molar-refractivity contribution in [2.24, 2.45) is 0 Å². The number of carbonyl (C=O) groups is 1. The first kappa shape index (κ1) is 15.7. The minimum Gasteiger partial charge on any atom is -0.450 e. The second-order valence-electron chi connectivity index (χ2n) is 5.75. The van der Waals surface area contributed by atoms with E-state index in [2.05, 4.69) is 25.0 Å². The van der Waals surface area contributed by atoms with Crippen LogP contribution in [0.2, 0.25) is 25.7 Å². The molecular weight excluding hydrogens is 258 g/mol. The van der Waals surface area contributed by atoms with Crippen LogP contribution in [0.5, 0.6) is 0 Å². The fraction of sp³-hybridized carbons (Fsp3) is 0.500. The van der Waals surface area contributed by atoms with Crippen molar-refractivity contribution in [2.45, 2.75) is 31.8 Å². The first-order chi connectivity index (χ1) is 8.88. The maximum Gasteiger partial charge on any atom is 0.407 e. The number of hydrogen-bond donors (Lipinski definition) is 2. The Morgan fingerprint density at radius 2 is 1.95 bits per heavy atom. The van der Waals surface area contributed by atoms with Crippen LogP contribution in [-0.4, -0.2) is 32.4 Å². The van der Waals surface area contributed by atoms with Crippen LogP contribution in [0.25, 0.3) is 0 Å². The molecule has 0 bridgehead atoms. The van der Waals surface area contributed by atoms with Crippen molar-refractivity contribution in [3.05, 3.63) is 35.9 Å². The highest BCUT2D eigenvalue weighted by Gasteiger charge is 2.14. The van der Waals surface area contributed by atoms with E-state index in [-0.39, 0.29) is 6.54 Å². The third-order valence-electron chi connectivity index (χ3n) is 2.71. The number of hydrogen-bond acceptors (Lipinski definition) is 3. The summed E-state index contributed by atoms with van der Waals surface area (Å²) in [5.74, 6) is 0. The van der Waals surface area contributed by atoms with Gasteiger partial charge >= 0.3 is 6.09 Å². The number of aliphatic hydroxyl groups is 1. The number of nitrogens with one attached hydrogen (secondary N) is 1. The van der Waals surface area contributed by atoms with Gasteiger partial charge in [0.05, 0.1) is 19.3 Å². The lowest BCUT2D eigenvalue weighted by atomic mass is 10.1. The average Bonchev–Trinajstić information content (AvgIpc) is 2.35. The first-order valence-corrected chi connectivity index (χ1v) is 10.2. The largest absolute Gasteiger partial charge is 0.450 e. The van der Waals surface area contributed by atoms with E-state index in [1.54, 1.807) is 0 Å². The topological polar surface area (TPSA) is 58.6 Å². The van der Waals surface area contributed by atoms with Crippen molar-refractivity contribution in [3.63, 3.8) is 0 Å². The van der Waals surface area contributed by atoms with Crippen LogP contribution >= 0.6 is 0 Å². The van der Waals surface area contributed by atoms with Crippen LogP contribution in [0.4, 0.5) is 4.79 Å². The monoisotopic (exact) mass is 281 g/mol. The molecule has 19 heavy (non-hydrogen) atoms. The zero-order valence-corrected chi connectivity index (χ0v) is 12.8. The molecule has 0 fully saturated rings. The standard InChI is InChI=1S/C14H23NO3Si/c1-19(2,3)10-9-18-14(17)15-11-13(16)12-7-5-4-6-8-12/h4-8,13,16H,9-11H2,1-3H3,(H,15,17). The second-order valence-corrected chi connectivity index (χ2v) is 11.4. The van der Waals surface area contributed by atoms with Gasteiger partial charge in [0, 0.05) is 8.07 Å². The molecule has 4 nitrogen and oxygen atoms in total. The minimum atomic E-state index is -1.18. The Labute approximate surface area is 115 Å². The van der Waals surface area contributed by atoms with Crippen molar-refractivity contribution in [1.82, 2.24) is 5.32 Å². The van der Waals surface area contributed by atoms with Gasteiger partial charge in [0.2, 0.25) is 0 Å². The Bertz CT molecular complexity index is 389. The molecule has 0 aliphatic heterocycles. The maximum atomic E-state index is 11.4. The lowest BCUT2D eigenvalue weighted by Crippen LogP contribution is -2.30. The molecule has 106 valence electrons. The number of ether oxygens (including phenoxy) is 1. The van der Waals surface area contributed by atoms with Gasteiger partial charge in [-0.05, 0) is 11.6 Å². The van der Waals surface area contributed by atoms with E-state index in [4.69, 9.17) is 4.74 Å². The second kappa shape index (κ2) is 7.30. The van der Waals surface area contributed by atoms with Gasteiger partial charge in [-0.25, -0.2) is 4.79 Å². The van der Waals surface area contributed by atoms with Crippen LogP contribution in [0.1, 0.15) is 11.7 Å². The van der Waals surface area contributed by atoms with E-state index in [1.807, 2.05) is 30.3 Å². The number of benzene rings is 1. The Morgan fingerprint density at radius 1 is 1.32 bits per heavy atom. The van der Waals surface area contributed by atoms with Gasteiger partial charge in [0.15, 0.2) is 0 Å². The number of alkyl carbamates (subject to hydrolysis) is 1. The quantitative estimate of drug-likeness (QED) is 0.788. The van der Waals surface area contributed by atoms with E-state index in [0.717, 1.165) is 11.6 Å². The SMILES string of the molecule is C[Si](C)(C)CCOC(=O)NCC(O)c1ccccc1. The molecule has 0 saturated carbocycles. The average molecular weight is 281 g/mol. The number of rotatable bonds is 6. The van der Waals surface area contributed by atoms with Crippen LogP contribution in [-0.2, 0) is 4.74 Å². The van der Waals surface area contributed by atoms with E-state index in [0.29, 0.717) is 6.61 Å². The van der Waals surface area contributed by atoms with Gasteiger partial charge in [0.1, 0.15) is 0 Å². The highest BCUT2D eigenvalue weighted by molar-refractivity contribution is 6.76. The molecule has 1 amide bonds. The molecule has 0 spiro atoms. The molecule has 0 aromatic heterocycles. The van der Waals surface area contributed by atoms with Crippen molar-refractivity contribution in [3.8, 4) is 0 Å². The number of aliphatic hydroxyl groups excluding tert-OH is 1. The highest BCUT2D eigenvalue weighted by atomic mass is 28.3. The summed E-state index contributed by atoms with van der Waals surface area (Å²) >= 11 is 0. The molecule has 1 aromatic carbocycles. The fourth-order valence-corrected chi connectivity index (χ4v) is 2.19. The zero-order valence-electron chi connectivity index (χ0n) is 11.8. The lowest BCUT2D eigenvalue weighted by Gasteiger charge is -2.16. The summed E-state index contributed by atoms with van der Waals surface area (Å²) in [5, 5.41) is 12.4. The molecule has 0 heterocycles. The fourth-order valence-electron chi connectivity index (χ4n) is 1.47. The van der Waals surface area contributed by atoms with Gasteiger partial charge < -0.3 is 15.2 Å². The predicted molar refractivity (Wildman–Crippen MR) is 78.9 cm³/mol. The van der Waals surface area contributed by atoms with Gasteiger partial charge in [-0.3, -0.25) is 0 Å². The summed E-state index contributed by atoms with van der Waals surface area (Å²) in [6.07, 6.45) is -1.17. The summed E-state index contributed by atoms with van der Waals surface area (Å²) in [4.78, 5) is 11.4. The van der Waals surface area contributed by atoms with Crippen LogP contribution < -0.4 is 5.32 Å². The van der Waals surface area contributed by atoms with Crippen LogP contribution in [0.3, 0.4) is 0 Å². The van der Waals surface area contributed by atoms with E-state index >= 15 is 0 Å². The molecule has 1 rings (SSSR count).